The third-order valence-electron chi connectivity index (χ3n) is 2.95. The molecule has 18 heavy (non-hydrogen) atoms. The minimum absolute atomic E-state index is 0.160. The summed E-state index contributed by atoms with van der Waals surface area (Å²) in [6.07, 6.45) is 0.823. The van der Waals surface area contributed by atoms with Gasteiger partial charge < -0.3 is 4.98 Å². The number of carbonyl (C=O) groups excluding carboxylic acids is 1. The molecule has 5 heteroatoms. The summed E-state index contributed by atoms with van der Waals surface area (Å²) in [5.74, 6) is -0.296. The van der Waals surface area contributed by atoms with E-state index in [2.05, 4.69) is 4.98 Å². The summed E-state index contributed by atoms with van der Waals surface area (Å²) in [6, 6.07) is 8.45. The van der Waals surface area contributed by atoms with Crippen LogP contribution in [0.15, 0.2) is 35.1 Å². The van der Waals surface area contributed by atoms with E-state index in [0.717, 1.165) is 6.42 Å². The number of benzene rings is 1. The van der Waals surface area contributed by atoms with Gasteiger partial charge in [-0.15, -0.1) is 0 Å². The lowest BCUT2D eigenvalue weighted by Gasteiger charge is -2.13. The van der Waals surface area contributed by atoms with E-state index in [9.17, 15) is 9.59 Å². The Labute approximate surface area is 103 Å². The standard InChI is InChI=1S/C13H12N2O3/c16-12-8-11(13(17)15-6-3-7-18-15)14-10-5-2-1-4-9(10)12/h1-2,4-5,8H,3,6-7H2,(H,14,16). The minimum atomic E-state index is -0.296. The zero-order chi connectivity index (χ0) is 12.5. The average molecular weight is 244 g/mol. The molecule has 0 aliphatic carbocycles. The first-order valence-electron chi connectivity index (χ1n) is 5.82. The van der Waals surface area contributed by atoms with Gasteiger partial charge in [0, 0.05) is 17.0 Å². The second kappa shape index (κ2) is 4.27. The molecule has 0 bridgehead atoms. The van der Waals surface area contributed by atoms with Crippen molar-refractivity contribution in [2.75, 3.05) is 13.2 Å². The van der Waals surface area contributed by atoms with Gasteiger partial charge in [0.2, 0.25) is 0 Å². The molecule has 1 aromatic carbocycles. The van der Waals surface area contributed by atoms with Gasteiger partial charge in [-0.05, 0) is 18.6 Å². The number of amides is 1. The maximum Gasteiger partial charge on any atom is 0.293 e. The topological polar surface area (TPSA) is 62.4 Å². The van der Waals surface area contributed by atoms with Crippen LogP contribution < -0.4 is 5.43 Å². The predicted octanol–water partition coefficient (Wildman–Crippen LogP) is 1.31. The molecule has 3 rings (SSSR count). The second-order valence-electron chi connectivity index (χ2n) is 4.19. The van der Waals surface area contributed by atoms with E-state index in [-0.39, 0.29) is 17.0 Å². The smallest absolute Gasteiger partial charge is 0.293 e. The van der Waals surface area contributed by atoms with Crippen LogP contribution in [0.25, 0.3) is 10.9 Å². The molecule has 1 N–H and O–H groups in total. The molecule has 0 unspecified atom stereocenters. The van der Waals surface area contributed by atoms with Gasteiger partial charge in [0.1, 0.15) is 5.69 Å². The summed E-state index contributed by atoms with van der Waals surface area (Å²) >= 11 is 0. The van der Waals surface area contributed by atoms with Gasteiger partial charge >= 0.3 is 0 Å². The highest BCUT2D eigenvalue weighted by Crippen LogP contribution is 2.12. The summed E-state index contributed by atoms with van der Waals surface area (Å²) in [7, 11) is 0. The highest BCUT2D eigenvalue weighted by molar-refractivity contribution is 5.94. The number of rotatable bonds is 1. The number of H-pyrrole nitrogens is 1. The summed E-state index contributed by atoms with van der Waals surface area (Å²) in [4.78, 5) is 32.1. The molecular weight excluding hydrogens is 232 g/mol. The number of hydrogen-bond donors (Lipinski definition) is 1. The quantitative estimate of drug-likeness (QED) is 0.822. The van der Waals surface area contributed by atoms with Crippen molar-refractivity contribution in [3.05, 3.63) is 46.2 Å². The van der Waals surface area contributed by atoms with Gasteiger partial charge in [-0.3, -0.25) is 14.4 Å². The van der Waals surface area contributed by atoms with Crippen molar-refractivity contribution >= 4 is 16.8 Å². The Hall–Kier alpha value is -2.14. The number of fused-ring (bicyclic) bond motifs is 1. The number of aromatic nitrogens is 1. The van der Waals surface area contributed by atoms with Gasteiger partial charge in [-0.2, -0.15) is 0 Å². The number of hydrogen-bond acceptors (Lipinski definition) is 3. The molecule has 0 spiro atoms. The van der Waals surface area contributed by atoms with Crippen LogP contribution in [0.4, 0.5) is 0 Å². The van der Waals surface area contributed by atoms with E-state index in [1.54, 1.807) is 18.2 Å². The van der Waals surface area contributed by atoms with Crippen LogP contribution in [-0.2, 0) is 4.84 Å². The Morgan fingerprint density at radius 1 is 1.33 bits per heavy atom. The first-order valence-corrected chi connectivity index (χ1v) is 5.82. The maximum absolute atomic E-state index is 12.1. The fourth-order valence-electron chi connectivity index (χ4n) is 2.05. The molecule has 92 valence electrons. The van der Waals surface area contributed by atoms with E-state index in [0.29, 0.717) is 24.1 Å². The van der Waals surface area contributed by atoms with Gasteiger partial charge in [0.25, 0.3) is 5.91 Å². The van der Waals surface area contributed by atoms with Gasteiger partial charge in [0.15, 0.2) is 5.43 Å². The zero-order valence-corrected chi connectivity index (χ0v) is 9.68. The molecule has 2 heterocycles. The molecule has 0 radical (unpaired) electrons. The van der Waals surface area contributed by atoms with E-state index in [1.165, 1.54) is 11.1 Å². The lowest BCUT2D eigenvalue weighted by molar-refractivity contribution is -0.0771. The van der Waals surface area contributed by atoms with Gasteiger partial charge in [0.05, 0.1) is 13.2 Å². The lowest BCUT2D eigenvalue weighted by atomic mass is 10.2. The lowest BCUT2D eigenvalue weighted by Crippen LogP contribution is -2.28. The molecule has 1 aliphatic rings. The highest BCUT2D eigenvalue weighted by Gasteiger charge is 2.22. The first-order chi connectivity index (χ1) is 8.75. The fraction of sp³-hybridized carbons (Fsp3) is 0.231. The molecule has 1 aromatic heterocycles. The fourth-order valence-corrected chi connectivity index (χ4v) is 2.05. The molecule has 2 aromatic rings. The van der Waals surface area contributed by atoms with Crippen molar-refractivity contribution in [3.63, 3.8) is 0 Å². The monoisotopic (exact) mass is 244 g/mol. The van der Waals surface area contributed by atoms with Gasteiger partial charge in [-0.25, -0.2) is 5.06 Å². The van der Waals surface area contributed by atoms with Crippen molar-refractivity contribution in [3.8, 4) is 0 Å². The summed E-state index contributed by atoms with van der Waals surface area (Å²) < 4.78 is 0. The molecule has 0 saturated carbocycles. The summed E-state index contributed by atoms with van der Waals surface area (Å²) in [6.45, 7) is 1.11. The van der Waals surface area contributed by atoms with Gasteiger partial charge in [-0.1, -0.05) is 12.1 Å². The Morgan fingerprint density at radius 2 is 2.17 bits per heavy atom. The van der Waals surface area contributed by atoms with Crippen molar-refractivity contribution in [2.45, 2.75) is 6.42 Å². The van der Waals surface area contributed by atoms with Crippen LogP contribution in [0.1, 0.15) is 16.9 Å². The van der Waals surface area contributed by atoms with Crippen LogP contribution in [-0.4, -0.2) is 29.1 Å². The van der Waals surface area contributed by atoms with E-state index in [1.807, 2.05) is 6.07 Å². The Morgan fingerprint density at radius 3 is 2.94 bits per heavy atom. The summed E-state index contributed by atoms with van der Waals surface area (Å²) in [5.41, 5.74) is 0.764. The number of para-hydroxylation sites is 1. The minimum Gasteiger partial charge on any atom is -0.350 e. The number of hydroxylamine groups is 2. The van der Waals surface area contributed by atoms with Crippen LogP contribution in [0.5, 0.6) is 0 Å². The molecule has 1 amide bonds. The number of nitrogens with zero attached hydrogens (tertiary/aromatic N) is 1. The maximum atomic E-state index is 12.1. The largest absolute Gasteiger partial charge is 0.350 e. The SMILES string of the molecule is O=C(c1cc(=O)c2ccccc2[nH]1)N1CCCO1. The number of aromatic amines is 1. The van der Waals surface area contributed by atoms with Crippen LogP contribution in [0, 0.1) is 0 Å². The van der Waals surface area contributed by atoms with Crippen molar-refractivity contribution in [2.24, 2.45) is 0 Å². The number of pyridine rings is 1. The van der Waals surface area contributed by atoms with Crippen molar-refractivity contribution in [1.29, 1.82) is 0 Å². The number of carbonyl (C=O) groups is 1. The zero-order valence-electron chi connectivity index (χ0n) is 9.68. The van der Waals surface area contributed by atoms with E-state index < -0.39 is 0 Å². The van der Waals surface area contributed by atoms with Crippen LogP contribution >= 0.6 is 0 Å². The van der Waals surface area contributed by atoms with E-state index >= 15 is 0 Å². The van der Waals surface area contributed by atoms with Crippen molar-refractivity contribution < 1.29 is 9.63 Å². The summed E-state index contributed by atoms with van der Waals surface area (Å²) in [5, 5.41) is 1.87. The van der Waals surface area contributed by atoms with Crippen LogP contribution in [0.2, 0.25) is 0 Å². The first kappa shape index (κ1) is 11.0. The molecule has 1 aliphatic heterocycles. The van der Waals surface area contributed by atoms with Crippen molar-refractivity contribution in [1.82, 2.24) is 10.0 Å². The second-order valence-corrected chi connectivity index (χ2v) is 4.19. The normalized spacial score (nSPS) is 15.2. The molecule has 1 saturated heterocycles. The molecule has 5 nitrogen and oxygen atoms in total. The third-order valence-corrected chi connectivity index (χ3v) is 2.95. The average Bonchev–Trinajstić information content (AvgIpc) is 2.91. The molecule has 0 atom stereocenters. The Kier molecular flexibility index (Phi) is 2.60. The van der Waals surface area contributed by atoms with E-state index in [4.69, 9.17) is 4.84 Å². The van der Waals surface area contributed by atoms with Crippen LogP contribution in [0.3, 0.4) is 0 Å². The Bertz CT molecular complexity index is 657. The predicted molar refractivity (Wildman–Crippen MR) is 66.2 cm³/mol. The molecule has 1 fully saturated rings. The Balaban J connectivity index is 2.07. The highest BCUT2D eigenvalue weighted by atomic mass is 16.7. The number of nitrogens with one attached hydrogen (secondary N) is 1. The third kappa shape index (κ3) is 1.78. The molecular formula is C13H12N2O3.